The Morgan fingerprint density at radius 2 is 1.63 bits per heavy atom. The third-order valence-corrected chi connectivity index (χ3v) is 5.13. The fraction of sp³-hybridized carbons (Fsp3) is 0. The predicted molar refractivity (Wildman–Crippen MR) is 125 cm³/mol. The van der Waals surface area contributed by atoms with Crippen LogP contribution in [-0.4, -0.2) is 16.0 Å². The molecule has 2 N–H and O–H groups in total. The van der Waals surface area contributed by atoms with Crippen LogP contribution in [0.5, 0.6) is 0 Å². The Hall–Kier alpha value is -2.64. The molecule has 0 atom stereocenters. The summed E-state index contributed by atoms with van der Waals surface area (Å²) in [6.07, 6.45) is 0. The maximum atomic E-state index is 12.3. The third kappa shape index (κ3) is 4.57. The average Bonchev–Trinajstić information content (AvgIpc) is 3.11. The van der Waals surface area contributed by atoms with E-state index in [0.717, 1.165) is 5.56 Å². The van der Waals surface area contributed by atoms with E-state index in [1.165, 1.54) is 12.1 Å². The van der Waals surface area contributed by atoms with Crippen molar-refractivity contribution in [2.75, 3.05) is 5.32 Å². The van der Waals surface area contributed by atoms with Gasteiger partial charge in [-0.05, 0) is 72.9 Å². The van der Waals surface area contributed by atoms with Gasteiger partial charge in [0.2, 0.25) is 5.89 Å². The summed E-state index contributed by atoms with van der Waals surface area (Å²) in [4.78, 5) is 16.8. The van der Waals surface area contributed by atoms with Gasteiger partial charge in [-0.1, -0.05) is 34.8 Å². The number of fused-ring (bicyclic) bond motifs is 1. The summed E-state index contributed by atoms with van der Waals surface area (Å²) < 4.78 is 5.76. The Balaban J connectivity index is 1.43. The minimum Gasteiger partial charge on any atom is -0.436 e. The van der Waals surface area contributed by atoms with Crippen LogP contribution in [-0.2, 0) is 0 Å². The lowest BCUT2D eigenvalue weighted by Gasteiger charge is -2.10. The van der Waals surface area contributed by atoms with Gasteiger partial charge < -0.3 is 9.73 Å². The first-order valence-corrected chi connectivity index (χ1v) is 10.2. The summed E-state index contributed by atoms with van der Waals surface area (Å²) >= 11 is 23.1. The number of oxazole rings is 1. The number of nitrogens with zero attached hydrogens (tertiary/aromatic N) is 1. The maximum absolute atomic E-state index is 12.3. The first kappa shape index (κ1) is 20.6. The van der Waals surface area contributed by atoms with Crippen molar-refractivity contribution in [3.63, 3.8) is 0 Å². The van der Waals surface area contributed by atoms with E-state index >= 15 is 0 Å². The number of amides is 1. The zero-order valence-corrected chi connectivity index (χ0v) is 18.2. The molecular formula is C21H12Cl3N3O2S. The van der Waals surface area contributed by atoms with Crippen LogP contribution in [0, 0.1) is 0 Å². The van der Waals surface area contributed by atoms with Gasteiger partial charge in [0.25, 0.3) is 5.91 Å². The number of nitrogens with one attached hydrogen (secondary N) is 2. The molecule has 0 aliphatic rings. The molecule has 4 aromatic rings. The van der Waals surface area contributed by atoms with Gasteiger partial charge in [0, 0.05) is 21.3 Å². The second kappa shape index (κ2) is 8.62. The molecule has 5 nitrogen and oxygen atoms in total. The molecule has 0 saturated carbocycles. The number of benzene rings is 3. The Kier molecular flexibility index (Phi) is 5.92. The van der Waals surface area contributed by atoms with Crippen molar-refractivity contribution in [3.8, 4) is 11.5 Å². The summed E-state index contributed by atoms with van der Waals surface area (Å²) in [6.45, 7) is 0. The molecule has 1 amide bonds. The predicted octanol–water partition coefficient (Wildman–Crippen LogP) is 6.58. The number of hydrogen-bond acceptors (Lipinski definition) is 4. The number of carbonyl (C=O) groups excluding carboxylic acids is 1. The summed E-state index contributed by atoms with van der Waals surface area (Å²) in [6, 6.07) is 17.1. The fourth-order valence-electron chi connectivity index (χ4n) is 2.73. The van der Waals surface area contributed by atoms with Crippen molar-refractivity contribution in [1.82, 2.24) is 10.3 Å². The van der Waals surface area contributed by atoms with E-state index in [-0.39, 0.29) is 15.7 Å². The lowest BCUT2D eigenvalue weighted by atomic mass is 10.2. The van der Waals surface area contributed by atoms with Crippen LogP contribution in [0.15, 0.2) is 65.1 Å². The van der Waals surface area contributed by atoms with Gasteiger partial charge in [-0.25, -0.2) is 4.98 Å². The summed E-state index contributed by atoms with van der Waals surface area (Å²) in [5.74, 6) is 0.0444. The van der Waals surface area contributed by atoms with Gasteiger partial charge in [-0.3, -0.25) is 10.1 Å². The van der Waals surface area contributed by atoms with Crippen LogP contribution in [0.25, 0.3) is 22.6 Å². The van der Waals surface area contributed by atoms with Crippen LogP contribution in [0.4, 0.5) is 5.69 Å². The van der Waals surface area contributed by atoms with Crippen molar-refractivity contribution < 1.29 is 9.21 Å². The van der Waals surface area contributed by atoms with Crippen molar-refractivity contribution in [2.45, 2.75) is 0 Å². The van der Waals surface area contributed by atoms with Gasteiger partial charge >= 0.3 is 0 Å². The van der Waals surface area contributed by atoms with E-state index < -0.39 is 5.91 Å². The largest absolute Gasteiger partial charge is 0.436 e. The molecule has 9 heteroatoms. The van der Waals surface area contributed by atoms with E-state index in [1.807, 2.05) is 12.1 Å². The van der Waals surface area contributed by atoms with Gasteiger partial charge in [0.15, 0.2) is 10.7 Å². The van der Waals surface area contributed by atoms with Gasteiger partial charge in [-0.2, -0.15) is 0 Å². The third-order valence-electron chi connectivity index (χ3n) is 4.14. The molecule has 0 fully saturated rings. The van der Waals surface area contributed by atoms with Crippen LogP contribution < -0.4 is 10.6 Å². The molecule has 0 aliphatic heterocycles. The van der Waals surface area contributed by atoms with E-state index in [4.69, 9.17) is 51.4 Å². The molecule has 0 radical (unpaired) electrons. The average molecular weight is 477 g/mol. The molecule has 0 spiro atoms. The quantitative estimate of drug-likeness (QED) is 0.327. The van der Waals surface area contributed by atoms with Crippen LogP contribution in [0.2, 0.25) is 15.1 Å². The normalized spacial score (nSPS) is 10.8. The van der Waals surface area contributed by atoms with Crippen LogP contribution in [0.3, 0.4) is 0 Å². The van der Waals surface area contributed by atoms with E-state index in [2.05, 4.69) is 15.6 Å². The lowest BCUT2D eigenvalue weighted by Crippen LogP contribution is -2.34. The van der Waals surface area contributed by atoms with Crippen molar-refractivity contribution >= 4 is 74.8 Å². The van der Waals surface area contributed by atoms with Crippen molar-refractivity contribution in [1.29, 1.82) is 0 Å². The minimum atomic E-state index is -0.434. The summed E-state index contributed by atoms with van der Waals surface area (Å²) in [5, 5.41) is 6.95. The van der Waals surface area contributed by atoms with Crippen LogP contribution >= 0.6 is 47.0 Å². The second-order valence-corrected chi connectivity index (χ2v) is 7.93. The first-order chi connectivity index (χ1) is 14.4. The highest BCUT2D eigenvalue weighted by atomic mass is 35.5. The molecule has 0 unspecified atom stereocenters. The van der Waals surface area contributed by atoms with E-state index in [1.54, 1.807) is 36.4 Å². The number of aromatic nitrogens is 1. The van der Waals surface area contributed by atoms with Gasteiger partial charge in [0.05, 0.1) is 10.6 Å². The molecule has 1 heterocycles. The molecule has 150 valence electrons. The molecule has 1 aromatic heterocycles. The van der Waals surface area contributed by atoms with Gasteiger partial charge in [0.1, 0.15) is 5.52 Å². The number of hydrogen-bond donors (Lipinski definition) is 2. The summed E-state index contributed by atoms with van der Waals surface area (Å²) in [7, 11) is 0. The van der Waals surface area contributed by atoms with Crippen molar-refractivity contribution in [2.24, 2.45) is 0 Å². The standard InChI is InChI=1S/C21H12Cl3N3O2S/c22-12-3-7-15(16(24)9-12)19(28)27-21(30)25-14-5-1-11(2-6-14)20-26-17-10-13(23)4-8-18(17)29-20/h1-10H,(H2,25,27,28,30). The summed E-state index contributed by atoms with van der Waals surface area (Å²) in [5.41, 5.74) is 3.09. The Morgan fingerprint density at radius 1 is 0.933 bits per heavy atom. The highest BCUT2D eigenvalue weighted by Crippen LogP contribution is 2.27. The van der Waals surface area contributed by atoms with Crippen LogP contribution in [0.1, 0.15) is 10.4 Å². The Labute approximate surface area is 192 Å². The highest BCUT2D eigenvalue weighted by Gasteiger charge is 2.13. The molecule has 0 aliphatic carbocycles. The number of rotatable bonds is 3. The zero-order valence-electron chi connectivity index (χ0n) is 15.1. The highest BCUT2D eigenvalue weighted by molar-refractivity contribution is 7.80. The molecular weight excluding hydrogens is 465 g/mol. The zero-order chi connectivity index (χ0) is 21.3. The molecule has 30 heavy (non-hydrogen) atoms. The smallest absolute Gasteiger partial charge is 0.258 e. The topological polar surface area (TPSA) is 67.2 Å². The fourth-order valence-corrected chi connectivity index (χ4v) is 3.60. The number of anilines is 1. The van der Waals surface area contributed by atoms with E-state index in [0.29, 0.717) is 32.7 Å². The molecule has 0 bridgehead atoms. The minimum absolute atomic E-state index is 0.135. The number of carbonyl (C=O) groups is 1. The number of halogens is 3. The second-order valence-electron chi connectivity index (χ2n) is 6.24. The SMILES string of the molecule is O=C(NC(=S)Nc1ccc(-c2nc3cc(Cl)ccc3o2)cc1)c1ccc(Cl)cc1Cl. The Bertz CT molecular complexity index is 1270. The van der Waals surface area contributed by atoms with Gasteiger partial charge in [-0.15, -0.1) is 0 Å². The molecule has 3 aromatic carbocycles. The first-order valence-electron chi connectivity index (χ1n) is 8.63. The molecule has 4 rings (SSSR count). The Morgan fingerprint density at radius 3 is 2.37 bits per heavy atom. The van der Waals surface area contributed by atoms with Crippen molar-refractivity contribution in [3.05, 3.63) is 81.3 Å². The molecule has 0 saturated heterocycles. The van der Waals surface area contributed by atoms with E-state index in [9.17, 15) is 4.79 Å². The number of thiocarbonyl (C=S) groups is 1. The monoisotopic (exact) mass is 475 g/mol. The lowest BCUT2D eigenvalue weighted by molar-refractivity contribution is 0.0978. The maximum Gasteiger partial charge on any atom is 0.258 e.